The first-order valence-corrected chi connectivity index (χ1v) is 11.6. The fourth-order valence-electron chi connectivity index (χ4n) is 3.59. The van der Waals surface area contributed by atoms with E-state index in [1.165, 1.54) is 0 Å². The third-order valence-corrected chi connectivity index (χ3v) is 5.56. The molecule has 1 aliphatic heterocycles. The maximum Gasteiger partial charge on any atom is 0.255 e. The standard InChI is InChI=1S/C23H30ClN5O4/c1-16-15-33-20-8-7-18(24)11-19(20)23(32)25-9-2-3-10-29(14-21(30)28-16)22(31)6-4-5-17-12-26-27-13-17/h7-8,11-13,16H,2-6,9-10,14-15H2,1H3,(H,25,32)(H,26,27)(H,28,30)/t16-/m0/s1. The van der Waals surface area contributed by atoms with Crippen molar-refractivity contribution in [3.63, 3.8) is 0 Å². The van der Waals surface area contributed by atoms with Gasteiger partial charge in [0.15, 0.2) is 0 Å². The lowest BCUT2D eigenvalue weighted by atomic mass is 10.1. The van der Waals surface area contributed by atoms with Crippen LogP contribution in [0.15, 0.2) is 30.6 Å². The summed E-state index contributed by atoms with van der Waals surface area (Å²) in [5.74, 6) is -0.170. The van der Waals surface area contributed by atoms with Crippen LogP contribution in [0.25, 0.3) is 0 Å². The number of aryl methyl sites for hydroxylation is 1. The highest BCUT2D eigenvalue weighted by Gasteiger charge is 2.20. The summed E-state index contributed by atoms with van der Waals surface area (Å²) in [6, 6.07) is 4.55. The van der Waals surface area contributed by atoms with E-state index in [-0.39, 0.29) is 36.9 Å². The molecule has 2 aromatic rings. The quantitative estimate of drug-likeness (QED) is 0.627. The highest BCUT2D eigenvalue weighted by atomic mass is 35.5. The molecule has 10 heteroatoms. The van der Waals surface area contributed by atoms with E-state index in [1.54, 1.807) is 29.3 Å². The minimum absolute atomic E-state index is 0.00651. The number of amides is 3. The minimum atomic E-state index is -0.313. The van der Waals surface area contributed by atoms with Crippen LogP contribution < -0.4 is 15.4 Å². The van der Waals surface area contributed by atoms with E-state index < -0.39 is 0 Å². The number of benzene rings is 1. The Labute approximate surface area is 198 Å². The molecular weight excluding hydrogens is 446 g/mol. The third kappa shape index (κ3) is 7.78. The lowest BCUT2D eigenvalue weighted by molar-refractivity contribution is -0.136. The number of hydrogen-bond donors (Lipinski definition) is 3. The molecule has 3 rings (SSSR count). The van der Waals surface area contributed by atoms with Gasteiger partial charge in [-0.25, -0.2) is 0 Å². The van der Waals surface area contributed by atoms with E-state index in [0.29, 0.717) is 55.1 Å². The Bertz CT molecular complexity index is 950. The van der Waals surface area contributed by atoms with E-state index in [4.69, 9.17) is 16.3 Å². The zero-order valence-electron chi connectivity index (χ0n) is 18.7. The van der Waals surface area contributed by atoms with E-state index >= 15 is 0 Å². The molecule has 0 saturated heterocycles. The Morgan fingerprint density at radius 2 is 2.15 bits per heavy atom. The number of H-pyrrole nitrogens is 1. The van der Waals surface area contributed by atoms with Crippen molar-refractivity contribution >= 4 is 29.3 Å². The molecule has 0 fully saturated rings. The summed E-state index contributed by atoms with van der Waals surface area (Å²) in [5.41, 5.74) is 1.40. The predicted octanol–water partition coefficient (Wildman–Crippen LogP) is 2.32. The number of ether oxygens (including phenoxy) is 1. The molecular formula is C23H30ClN5O4. The monoisotopic (exact) mass is 475 g/mol. The lowest BCUT2D eigenvalue weighted by Gasteiger charge is -2.23. The van der Waals surface area contributed by atoms with Gasteiger partial charge < -0.3 is 20.3 Å². The van der Waals surface area contributed by atoms with Crippen LogP contribution in [-0.2, 0) is 16.0 Å². The number of hydrogen-bond acceptors (Lipinski definition) is 5. The van der Waals surface area contributed by atoms with Crippen LogP contribution in [-0.4, -0.2) is 65.1 Å². The third-order valence-electron chi connectivity index (χ3n) is 5.32. The summed E-state index contributed by atoms with van der Waals surface area (Å²) < 4.78 is 5.79. The van der Waals surface area contributed by atoms with Gasteiger partial charge in [0.05, 0.1) is 24.3 Å². The van der Waals surface area contributed by atoms with Gasteiger partial charge in [0.2, 0.25) is 11.8 Å². The zero-order chi connectivity index (χ0) is 23.6. The van der Waals surface area contributed by atoms with Crippen molar-refractivity contribution in [2.24, 2.45) is 0 Å². The molecule has 1 aliphatic rings. The van der Waals surface area contributed by atoms with Gasteiger partial charge >= 0.3 is 0 Å². The largest absolute Gasteiger partial charge is 0.491 e. The van der Waals surface area contributed by atoms with Crippen LogP contribution in [0.5, 0.6) is 5.75 Å². The number of aromatic amines is 1. The summed E-state index contributed by atoms with van der Waals surface area (Å²) in [4.78, 5) is 39.6. The average molecular weight is 476 g/mol. The van der Waals surface area contributed by atoms with E-state index in [0.717, 1.165) is 12.0 Å². The Balaban J connectivity index is 1.62. The molecule has 0 unspecified atom stereocenters. The number of fused-ring (bicyclic) bond motifs is 1. The Morgan fingerprint density at radius 3 is 2.94 bits per heavy atom. The van der Waals surface area contributed by atoms with Crippen LogP contribution in [0, 0.1) is 0 Å². The normalized spacial score (nSPS) is 18.2. The van der Waals surface area contributed by atoms with Crippen molar-refractivity contribution in [1.29, 1.82) is 0 Å². The first-order chi connectivity index (χ1) is 15.9. The molecule has 1 atom stereocenters. The minimum Gasteiger partial charge on any atom is -0.491 e. The van der Waals surface area contributed by atoms with Crippen LogP contribution in [0.4, 0.5) is 0 Å². The molecule has 3 N–H and O–H groups in total. The number of halogens is 1. The molecule has 1 aromatic heterocycles. The molecule has 1 aromatic carbocycles. The number of carbonyl (C=O) groups is 3. The number of aromatic nitrogens is 2. The maximum absolute atomic E-state index is 12.8. The molecule has 0 saturated carbocycles. The van der Waals surface area contributed by atoms with Crippen molar-refractivity contribution in [3.8, 4) is 5.75 Å². The molecule has 33 heavy (non-hydrogen) atoms. The van der Waals surface area contributed by atoms with Crippen molar-refractivity contribution in [2.45, 2.75) is 45.1 Å². The first kappa shape index (κ1) is 24.6. The Hall–Kier alpha value is -3.07. The lowest BCUT2D eigenvalue weighted by Crippen LogP contribution is -2.45. The molecule has 9 nitrogen and oxygen atoms in total. The fraction of sp³-hybridized carbons (Fsp3) is 0.478. The highest BCUT2D eigenvalue weighted by Crippen LogP contribution is 2.23. The fourth-order valence-corrected chi connectivity index (χ4v) is 3.76. The second-order valence-electron chi connectivity index (χ2n) is 8.16. The van der Waals surface area contributed by atoms with Crippen LogP contribution in [0.2, 0.25) is 5.02 Å². The van der Waals surface area contributed by atoms with Crippen LogP contribution in [0.1, 0.15) is 48.5 Å². The topological polar surface area (TPSA) is 116 Å². The van der Waals surface area contributed by atoms with Gasteiger partial charge in [-0.1, -0.05) is 11.6 Å². The van der Waals surface area contributed by atoms with E-state index in [2.05, 4.69) is 20.8 Å². The molecule has 0 radical (unpaired) electrons. The number of nitrogens with one attached hydrogen (secondary N) is 3. The Kier molecular flexibility index (Phi) is 9.12. The summed E-state index contributed by atoms with van der Waals surface area (Å²) in [7, 11) is 0. The molecule has 0 bridgehead atoms. The van der Waals surface area contributed by atoms with Gasteiger partial charge in [-0.15, -0.1) is 0 Å². The Morgan fingerprint density at radius 1 is 1.30 bits per heavy atom. The number of nitrogens with zero attached hydrogens (tertiary/aromatic N) is 2. The molecule has 0 spiro atoms. The average Bonchev–Trinajstić information content (AvgIpc) is 3.29. The van der Waals surface area contributed by atoms with Crippen molar-refractivity contribution in [3.05, 3.63) is 46.7 Å². The predicted molar refractivity (Wildman–Crippen MR) is 124 cm³/mol. The summed E-state index contributed by atoms with van der Waals surface area (Å²) in [6.07, 6.45) is 6.65. The highest BCUT2D eigenvalue weighted by molar-refractivity contribution is 6.31. The van der Waals surface area contributed by atoms with Gasteiger partial charge in [-0.05, 0) is 56.4 Å². The zero-order valence-corrected chi connectivity index (χ0v) is 19.5. The van der Waals surface area contributed by atoms with Gasteiger partial charge in [-0.3, -0.25) is 19.5 Å². The van der Waals surface area contributed by atoms with Crippen LogP contribution in [0.3, 0.4) is 0 Å². The molecule has 178 valence electrons. The van der Waals surface area contributed by atoms with E-state index in [9.17, 15) is 14.4 Å². The van der Waals surface area contributed by atoms with Gasteiger partial charge in [0, 0.05) is 30.7 Å². The van der Waals surface area contributed by atoms with Crippen molar-refractivity contribution in [1.82, 2.24) is 25.7 Å². The summed E-state index contributed by atoms with van der Waals surface area (Å²) in [5, 5.41) is 12.9. The van der Waals surface area contributed by atoms with Gasteiger partial charge in [0.25, 0.3) is 5.91 Å². The number of rotatable bonds is 4. The van der Waals surface area contributed by atoms with Gasteiger partial charge in [-0.2, -0.15) is 5.10 Å². The van der Waals surface area contributed by atoms with E-state index in [1.807, 2.05) is 13.1 Å². The molecule has 0 aliphatic carbocycles. The smallest absolute Gasteiger partial charge is 0.255 e. The first-order valence-electron chi connectivity index (χ1n) is 11.2. The SMILES string of the molecule is C[C@H]1COc2ccc(Cl)cc2C(=O)NCCCCN(C(=O)CCCc2cn[nH]c2)CC(=O)N1. The van der Waals surface area contributed by atoms with Gasteiger partial charge in [0.1, 0.15) is 12.4 Å². The van der Waals surface area contributed by atoms with Crippen molar-refractivity contribution < 1.29 is 19.1 Å². The summed E-state index contributed by atoms with van der Waals surface area (Å²) >= 11 is 6.06. The summed E-state index contributed by atoms with van der Waals surface area (Å²) in [6.45, 7) is 2.86. The van der Waals surface area contributed by atoms with Crippen molar-refractivity contribution in [2.75, 3.05) is 26.2 Å². The molecule has 3 amide bonds. The maximum atomic E-state index is 12.8. The number of carbonyl (C=O) groups excluding carboxylic acids is 3. The second kappa shape index (κ2) is 12.2. The molecule has 2 heterocycles. The van der Waals surface area contributed by atoms with Crippen LogP contribution >= 0.6 is 11.6 Å². The second-order valence-corrected chi connectivity index (χ2v) is 8.59.